The van der Waals surface area contributed by atoms with Crippen molar-refractivity contribution in [3.05, 3.63) is 62.9 Å². The SMILES string of the molecule is CCS(=O)C1=CC=CC(c2nc(=O)c3ccccc3s2)N1. The number of aromatic nitrogens is 1. The van der Waals surface area contributed by atoms with E-state index in [1.165, 1.54) is 11.3 Å². The second kappa shape index (κ2) is 5.91. The minimum absolute atomic E-state index is 0.206. The molecule has 0 fully saturated rings. The molecule has 21 heavy (non-hydrogen) atoms. The van der Waals surface area contributed by atoms with E-state index in [4.69, 9.17) is 0 Å². The first kappa shape index (κ1) is 14.2. The molecule has 2 aromatic rings. The zero-order chi connectivity index (χ0) is 14.8. The fourth-order valence-corrected chi connectivity index (χ4v) is 3.94. The topological polar surface area (TPSA) is 59.1 Å². The first-order valence-electron chi connectivity index (χ1n) is 6.62. The van der Waals surface area contributed by atoms with E-state index in [9.17, 15) is 9.00 Å². The van der Waals surface area contributed by atoms with E-state index in [0.29, 0.717) is 21.2 Å². The maximum absolute atomic E-state index is 12.1. The molecule has 3 rings (SSSR count). The molecule has 1 aliphatic heterocycles. The number of nitrogens with one attached hydrogen (secondary N) is 1. The van der Waals surface area contributed by atoms with Gasteiger partial charge in [-0.3, -0.25) is 9.00 Å². The zero-order valence-corrected chi connectivity index (χ0v) is 13.0. The predicted octanol–water partition coefficient (Wildman–Crippen LogP) is 2.47. The van der Waals surface area contributed by atoms with Crippen LogP contribution in [0.5, 0.6) is 0 Å². The number of rotatable bonds is 3. The summed E-state index contributed by atoms with van der Waals surface area (Å²) in [6, 6.07) is 7.24. The normalized spacial score (nSPS) is 19.1. The van der Waals surface area contributed by atoms with E-state index < -0.39 is 10.8 Å². The molecule has 6 heteroatoms. The molecule has 1 aromatic carbocycles. The molecule has 0 saturated heterocycles. The first-order valence-corrected chi connectivity index (χ1v) is 8.75. The summed E-state index contributed by atoms with van der Waals surface area (Å²) in [6.07, 6.45) is 5.58. The molecule has 0 radical (unpaired) electrons. The van der Waals surface area contributed by atoms with Crippen molar-refractivity contribution in [3.8, 4) is 0 Å². The van der Waals surface area contributed by atoms with Crippen LogP contribution in [-0.2, 0) is 10.8 Å². The molecule has 2 atom stereocenters. The fourth-order valence-electron chi connectivity index (χ4n) is 2.11. The van der Waals surface area contributed by atoms with Gasteiger partial charge in [-0.1, -0.05) is 31.2 Å². The molecule has 0 saturated carbocycles. The van der Waals surface area contributed by atoms with Crippen molar-refractivity contribution in [2.24, 2.45) is 0 Å². The Kier molecular flexibility index (Phi) is 3.98. The summed E-state index contributed by atoms with van der Waals surface area (Å²) in [7, 11) is -1.04. The quantitative estimate of drug-likeness (QED) is 0.944. The molecule has 1 N–H and O–H groups in total. The standard InChI is InChI=1S/C15H14N2O2S2/c1-2-21(19)13-9-5-7-11(16-13)15-17-14(18)10-6-3-4-8-12(10)20-15/h3-9,11,16H,2H2,1H3. The lowest BCUT2D eigenvalue weighted by atomic mass is 10.2. The fraction of sp³-hybridized carbons (Fsp3) is 0.200. The van der Waals surface area contributed by atoms with Gasteiger partial charge in [-0.25, -0.2) is 4.98 Å². The number of allylic oxidation sites excluding steroid dienone is 2. The number of fused-ring (bicyclic) bond motifs is 1. The average Bonchev–Trinajstić information content (AvgIpc) is 2.54. The van der Waals surface area contributed by atoms with Crippen molar-refractivity contribution in [1.29, 1.82) is 0 Å². The third-order valence-corrected chi connectivity index (χ3v) is 5.57. The Hall–Kier alpha value is -1.79. The molecule has 0 bridgehead atoms. The van der Waals surface area contributed by atoms with Gasteiger partial charge in [-0.05, 0) is 18.2 Å². The van der Waals surface area contributed by atoms with Gasteiger partial charge in [0.1, 0.15) is 10.0 Å². The van der Waals surface area contributed by atoms with E-state index in [2.05, 4.69) is 10.3 Å². The Balaban J connectivity index is 1.99. The van der Waals surface area contributed by atoms with Crippen molar-refractivity contribution in [2.75, 3.05) is 5.75 Å². The molecule has 0 amide bonds. The van der Waals surface area contributed by atoms with Gasteiger partial charge < -0.3 is 5.32 Å². The molecule has 4 nitrogen and oxygen atoms in total. The molecule has 108 valence electrons. The van der Waals surface area contributed by atoms with Gasteiger partial charge in [0.25, 0.3) is 5.56 Å². The number of dihydropyridines is 1. The maximum atomic E-state index is 12.1. The summed E-state index contributed by atoms with van der Waals surface area (Å²) in [5.41, 5.74) is -0.220. The van der Waals surface area contributed by atoms with Crippen LogP contribution < -0.4 is 10.9 Å². The van der Waals surface area contributed by atoms with Gasteiger partial charge in [0, 0.05) is 10.5 Å². The highest BCUT2D eigenvalue weighted by Gasteiger charge is 2.18. The second-order valence-corrected chi connectivity index (χ2v) is 7.30. The van der Waals surface area contributed by atoms with Crippen LogP contribution in [0, 0.1) is 0 Å². The van der Waals surface area contributed by atoms with Crippen LogP contribution >= 0.6 is 11.3 Å². The van der Waals surface area contributed by atoms with Crippen molar-refractivity contribution in [1.82, 2.24) is 10.3 Å². The summed E-state index contributed by atoms with van der Waals surface area (Å²) >= 11 is 1.48. The number of benzene rings is 1. The molecule has 1 aromatic heterocycles. The molecule has 2 heterocycles. The van der Waals surface area contributed by atoms with Crippen LogP contribution in [0.1, 0.15) is 18.0 Å². The lowest BCUT2D eigenvalue weighted by Crippen LogP contribution is -2.26. The van der Waals surface area contributed by atoms with Crippen LogP contribution in [0.3, 0.4) is 0 Å². The van der Waals surface area contributed by atoms with Crippen LogP contribution in [0.4, 0.5) is 0 Å². The molecule has 0 aliphatic carbocycles. The first-order chi connectivity index (χ1) is 10.2. The minimum atomic E-state index is -1.04. The summed E-state index contributed by atoms with van der Waals surface area (Å²) in [5.74, 6) is 0.556. The minimum Gasteiger partial charge on any atom is -0.365 e. The largest absolute Gasteiger partial charge is 0.365 e. The Morgan fingerprint density at radius 1 is 1.38 bits per heavy atom. The smallest absolute Gasteiger partial charge is 0.279 e. The van der Waals surface area contributed by atoms with Gasteiger partial charge in [-0.15, -0.1) is 11.3 Å². The average molecular weight is 318 g/mol. The van der Waals surface area contributed by atoms with Crippen molar-refractivity contribution >= 4 is 32.2 Å². The van der Waals surface area contributed by atoms with Crippen molar-refractivity contribution in [2.45, 2.75) is 13.0 Å². The summed E-state index contributed by atoms with van der Waals surface area (Å²) in [6.45, 7) is 1.87. The van der Waals surface area contributed by atoms with Gasteiger partial charge in [0.2, 0.25) is 0 Å². The predicted molar refractivity (Wildman–Crippen MR) is 87.7 cm³/mol. The van der Waals surface area contributed by atoms with Crippen LogP contribution in [-0.4, -0.2) is 14.9 Å². The maximum Gasteiger partial charge on any atom is 0.279 e. The third kappa shape index (κ3) is 2.82. The lowest BCUT2D eigenvalue weighted by molar-refractivity contribution is 0.673. The Labute approximate surface area is 128 Å². The van der Waals surface area contributed by atoms with E-state index in [-0.39, 0.29) is 11.6 Å². The van der Waals surface area contributed by atoms with Crippen LogP contribution in [0.25, 0.3) is 10.1 Å². The monoisotopic (exact) mass is 318 g/mol. The highest BCUT2D eigenvalue weighted by atomic mass is 32.2. The van der Waals surface area contributed by atoms with E-state index in [0.717, 1.165) is 4.70 Å². The number of hydrogen-bond acceptors (Lipinski definition) is 5. The van der Waals surface area contributed by atoms with Crippen LogP contribution in [0.2, 0.25) is 0 Å². The van der Waals surface area contributed by atoms with Gasteiger partial charge in [0.05, 0.1) is 22.2 Å². The number of nitrogens with zero attached hydrogens (tertiary/aromatic N) is 1. The van der Waals surface area contributed by atoms with E-state index in [1.54, 1.807) is 12.1 Å². The van der Waals surface area contributed by atoms with Gasteiger partial charge >= 0.3 is 0 Å². The van der Waals surface area contributed by atoms with E-state index >= 15 is 0 Å². The van der Waals surface area contributed by atoms with Gasteiger partial charge in [-0.2, -0.15) is 0 Å². The zero-order valence-electron chi connectivity index (χ0n) is 11.4. The third-order valence-electron chi connectivity index (χ3n) is 3.17. The summed E-state index contributed by atoms with van der Waals surface area (Å²) in [4.78, 5) is 16.3. The molecule has 0 spiro atoms. The van der Waals surface area contributed by atoms with Crippen molar-refractivity contribution in [3.63, 3.8) is 0 Å². The Morgan fingerprint density at radius 2 is 2.19 bits per heavy atom. The van der Waals surface area contributed by atoms with Crippen molar-refractivity contribution < 1.29 is 4.21 Å². The van der Waals surface area contributed by atoms with Gasteiger partial charge in [0.15, 0.2) is 0 Å². The van der Waals surface area contributed by atoms with Crippen LogP contribution in [0.15, 0.2) is 52.3 Å². The summed E-state index contributed by atoms with van der Waals surface area (Å²) in [5, 5.41) is 5.20. The molecular formula is C15H14N2O2S2. The second-order valence-electron chi connectivity index (χ2n) is 4.53. The Bertz CT molecular complexity index is 824. The Morgan fingerprint density at radius 3 is 3.00 bits per heavy atom. The molecule has 1 aliphatic rings. The summed E-state index contributed by atoms with van der Waals surface area (Å²) < 4.78 is 12.8. The highest BCUT2D eigenvalue weighted by molar-refractivity contribution is 7.88. The number of hydrogen-bond donors (Lipinski definition) is 1. The molecule has 2 unspecified atom stereocenters. The lowest BCUT2D eigenvalue weighted by Gasteiger charge is -2.20. The van der Waals surface area contributed by atoms with E-state index in [1.807, 2.05) is 37.3 Å². The highest BCUT2D eigenvalue weighted by Crippen LogP contribution is 2.25. The molecular weight excluding hydrogens is 304 g/mol.